The van der Waals surface area contributed by atoms with Crippen LogP contribution in [-0.2, 0) is 0 Å². The molecular weight excluding hydrogens is 290 g/mol. The Morgan fingerprint density at radius 3 is 2.27 bits per heavy atom. The second-order valence-electron chi connectivity index (χ2n) is 4.80. The number of carbonyl (C=O) groups excluding carboxylic acids is 1. The Morgan fingerprint density at radius 2 is 1.73 bits per heavy atom. The average Bonchev–Trinajstić information content (AvgIpc) is 2.47. The third-order valence-electron chi connectivity index (χ3n) is 3.13. The molecule has 0 atom stereocenters. The highest BCUT2D eigenvalue weighted by atomic mass is 19.1. The second-order valence-corrected chi connectivity index (χ2v) is 4.80. The smallest absolute Gasteiger partial charge is 0.255 e. The summed E-state index contributed by atoms with van der Waals surface area (Å²) in [6.45, 7) is 0.536. The first-order chi connectivity index (χ1) is 10.5. The van der Waals surface area contributed by atoms with Crippen molar-refractivity contribution in [3.8, 4) is 0 Å². The molecule has 0 heterocycles. The molecule has 0 aliphatic rings. The Bertz CT molecular complexity index is 639. The van der Waals surface area contributed by atoms with Crippen molar-refractivity contribution in [2.75, 3.05) is 30.4 Å². The SMILES string of the molecule is CN(CCO)c1ccc(NC(=O)c2cc(F)cc(F)c2)cc1. The average molecular weight is 306 g/mol. The highest BCUT2D eigenvalue weighted by Crippen LogP contribution is 2.18. The van der Waals surface area contributed by atoms with Gasteiger partial charge in [0.1, 0.15) is 11.6 Å². The van der Waals surface area contributed by atoms with Crippen molar-refractivity contribution in [1.29, 1.82) is 0 Å². The van der Waals surface area contributed by atoms with E-state index in [-0.39, 0.29) is 12.2 Å². The van der Waals surface area contributed by atoms with Crippen molar-refractivity contribution in [2.45, 2.75) is 0 Å². The maximum Gasteiger partial charge on any atom is 0.255 e. The van der Waals surface area contributed by atoms with E-state index in [2.05, 4.69) is 5.32 Å². The molecule has 0 radical (unpaired) electrons. The standard InChI is InChI=1S/C16H16F2N2O2/c1-20(6-7-21)15-4-2-14(3-5-15)19-16(22)11-8-12(17)10-13(18)9-11/h2-5,8-10,21H,6-7H2,1H3,(H,19,22). The van der Waals surface area contributed by atoms with E-state index in [0.29, 0.717) is 18.3 Å². The summed E-state index contributed by atoms with van der Waals surface area (Å²) in [5.74, 6) is -2.19. The summed E-state index contributed by atoms with van der Waals surface area (Å²) in [6.07, 6.45) is 0. The number of halogens is 2. The van der Waals surface area contributed by atoms with Gasteiger partial charge < -0.3 is 15.3 Å². The summed E-state index contributed by atoms with van der Waals surface area (Å²) in [5.41, 5.74) is 1.30. The van der Waals surface area contributed by atoms with E-state index in [0.717, 1.165) is 17.8 Å². The highest BCUT2D eigenvalue weighted by Gasteiger charge is 2.10. The number of hydrogen-bond donors (Lipinski definition) is 2. The molecule has 116 valence electrons. The van der Waals surface area contributed by atoms with Gasteiger partial charge in [-0.3, -0.25) is 4.79 Å². The number of hydrogen-bond acceptors (Lipinski definition) is 3. The van der Waals surface area contributed by atoms with Crippen molar-refractivity contribution < 1.29 is 18.7 Å². The Hall–Kier alpha value is -2.47. The molecule has 0 spiro atoms. The minimum atomic E-state index is -0.800. The van der Waals surface area contributed by atoms with E-state index in [1.54, 1.807) is 24.3 Å². The molecule has 0 unspecified atom stereocenters. The molecule has 0 aliphatic carbocycles. The Kier molecular flexibility index (Phi) is 5.06. The van der Waals surface area contributed by atoms with Gasteiger partial charge in [-0.1, -0.05) is 0 Å². The Morgan fingerprint density at radius 1 is 1.14 bits per heavy atom. The van der Waals surface area contributed by atoms with E-state index >= 15 is 0 Å². The number of aliphatic hydroxyl groups excluding tert-OH is 1. The van der Waals surface area contributed by atoms with E-state index in [9.17, 15) is 13.6 Å². The fraction of sp³-hybridized carbons (Fsp3) is 0.188. The van der Waals surface area contributed by atoms with Gasteiger partial charge in [0.15, 0.2) is 0 Å². The second kappa shape index (κ2) is 7.00. The van der Waals surface area contributed by atoms with E-state index in [1.165, 1.54) is 0 Å². The van der Waals surface area contributed by atoms with Crippen LogP contribution in [0.2, 0.25) is 0 Å². The highest BCUT2D eigenvalue weighted by molar-refractivity contribution is 6.04. The molecule has 2 rings (SSSR count). The van der Waals surface area contributed by atoms with E-state index < -0.39 is 17.5 Å². The molecule has 2 N–H and O–H groups in total. The molecule has 1 amide bonds. The van der Waals surface area contributed by atoms with Crippen LogP contribution in [0.3, 0.4) is 0 Å². The topological polar surface area (TPSA) is 52.6 Å². The van der Waals surface area contributed by atoms with Crippen LogP contribution in [-0.4, -0.2) is 31.2 Å². The summed E-state index contributed by atoms with van der Waals surface area (Å²) < 4.78 is 26.2. The van der Waals surface area contributed by atoms with Crippen LogP contribution in [0.1, 0.15) is 10.4 Å². The number of aliphatic hydroxyl groups is 1. The number of amides is 1. The van der Waals surface area contributed by atoms with Crippen LogP contribution in [0.4, 0.5) is 20.2 Å². The largest absolute Gasteiger partial charge is 0.395 e. The van der Waals surface area contributed by atoms with Crippen LogP contribution < -0.4 is 10.2 Å². The van der Waals surface area contributed by atoms with Crippen LogP contribution in [0.15, 0.2) is 42.5 Å². The molecule has 4 nitrogen and oxygen atoms in total. The summed E-state index contributed by atoms with van der Waals surface area (Å²) in [4.78, 5) is 13.8. The van der Waals surface area contributed by atoms with Gasteiger partial charge in [-0.25, -0.2) is 8.78 Å². The zero-order valence-electron chi connectivity index (χ0n) is 12.0. The zero-order chi connectivity index (χ0) is 16.1. The lowest BCUT2D eigenvalue weighted by molar-refractivity contribution is 0.102. The van der Waals surface area contributed by atoms with Gasteiger partial charge >= 0.3 is 0 Å². The molecule has 0 saturated carbocycles. The van der Waals surface area contributed by atoms with E-state index in [4.69, 9.17) is 5.11 Å². The van der Waals surface area contributed by atoms with Crippen LogP contribution >= 0.6 is 0 Å². The molecule has 6 heteroatoms. The summed E-state index contributed by atoms with van der Waals surface area (Å²) in [6, 6.07) is 9.56. The van der Waals surface area contributed by atoms with Gasteiger partial charge in [0.05, 0.1) is 6.61 Å². The Balaban J connectivity index is 2.08. The third kappa shape index (κ3) is 4.02. The molecule has 2 aromatic carbocycles. The molecule has 0 saturated heterocycles. The molecule has 22 heavy (non-hydrogen) atoms. The third-order valence-corrected chi connectivity index (χ3v) is 3.13. The molecule has 0 aromatic heterocycles. The van der Waals surface area contributed by atoms with Crippen molar-refractivity contribution in [1.82, 2.24) is 0 Å². The van der Waals surface area contributed by atoms with Gasteiger partial charge in [0.2, 0.25) is 0 Å². The fourth-order valence-electron chi connectivity index (χ4n) is 1.97. The molecule has 0 bridgehead atoms. The van der Waals surface area contributed by atoms with Gasteiger partial charge in [0, 0.05) is 36.6 Å². The lowest BCUT2D eigenvalue weighted by Crippen LogP contribution is -2.21. The number of rotatable bonds is 5. The molecule has 0 aliphatic heterocycles. The van der Waals surface area contributed by atoms with Crippen molar-refractivity contribution in [2.24, 2.45) is 0 Å². The zero-order valence-corrected chi connectivity index (χ0v) is 12.0. The monoisotopic (exact) mass is 306 g/mol. The molecule has 2 aromatic rings. The first-order valence-electron chi connectivity index (χ1n) is 6.69. The predicted octanol–water partition coefficient (Wildman–Crippen LogP) is 2.65. The van der Waals surface area contributed by atoms with Gasteiger partial charge in [-0.05, 0) is 36.4 Å². The predicted molar refractivity (Wildman–Crippen MR) is 81.1 cm³/mol. The fourth-order valence-corrected chi connectivity index (χ4v) is 1.97. The number of anilines is 2. The molecular formula is C16H16F2N2O2. The van der Waals surface area contributed by atoms with Gasteiger partial charge in [0.25, 0.3) is 5.91 Å². The quantitative estimate of drug-likeness (QED) is 0.893. The minimum absolute atomic E-state index is 0.0418. The number of nitrogens with zero attached hydrogens (tertiary/aromatic N) is 1. The number of benzene rings is 2. The number of carbonyl (C=O) groups is 1. The van der Waals surface area contributed by atoms with Crippen LogP contribution in [0, 0.1) is 11.6 Å². The molecule has 0 fully saturated rings. The van der Waals surface area contributed by atoms with E-state index in [1.807, 2.05) is 11.9 Å². The van der Waals surface area contributed by atoms with Crippen molar-refractivity contribution >= 4 is 17.3 Å². The van der Waals surface area contributed by atoms with Crippen molar-refractivity contribution in [3.63, 3.8) is 0 Å². The maximum atomic E-state index is 13.1. The number of nitrogens with one attached hydrogen (secondary N) is 1. The van der Waals surface area contributed by atoms with Gasteiger partial charge in [-0.15, -0.1) is 0 Å². The maximum absolute atomic E-state index is 13.1. The normalized spacial score (nSPS) is 10.4. The first kappa shape index (κ1) is 15.9. The Labute approximate surface area is 127 Å². The minimum Gasteiger partial charge on any atom is -0.395 e. The lowest BCUT2D eigenvalue weighted by Gasteiger charge is -2.18. The van der Waals surface area contributed by atoms with Gasteiger partial charge in [-0.2, -0.15) is 0 Å². The van der Waals surface area contributed by atoms with Crippen LogP contribution in [0.25, 0.3) is 0 Å². The summed E-state index contributed by atoms with van der Waals surface area (Å²) in [7, 11) is 1.83. The number of likely N-dealkylation sites (N-methyl/N-ethyl adjacent to an activating group) is 1. The summed E-state index contributed by atoms with van der Waals surface area (Å²) >= 11 is 0. The van der Waals surface area contributed by atoms with Crippen LogP contribution in [0.5, 0.6) is 0 Å². The van der Waals surface area contributed by atoms with Crippen molar-refractivity contribution in [3.05, 3.63) is 59.7 Å². The summed E-state index contributed by atoms with van der Waals surface area (Å²) in [5, 5.41) is 11.5. The first-order valence-corrected chi connectivity index (χ1v) is 6.69. The lowest BCUT2D eigenvalue weighted by atomic mass is 10.2.